The standard InChI is InChI=1S/C25H26ClN5O3.ClH/c1-33-22-5-3-17(11-21(22)26)14-28-23-20-10-16(13-27)2-4-19(20)24(30-29-23)31-8-6-25(7-9-31)12-18(32)15-34-25;/h2-5,10-11,18,32H,6-9,12,14-15H2,1H3,(H,28,29);1H. The second-order valence-electron chi connectivity index (χ2n) is 8.91. The minimum atomic E-state index is -0.373. The maximum Gasteiger partial charge on any atom is 0.159 e. The number of aliphatic hydroxyl groups is 1. The molecule has 3 aromatic rings. The number of aromatic nitrogens is 2. The third-order valence-corrected chi connectivity index (χ3v) is 7.02. The largest absolute Gasteiger partial charge is 0.495 e. The Labute approximate surface area is 215 Å². The highest BCUT2D eigenvalue weighted by Gasteiger charge is 2.42. The molecule has 2 aromatic carbocycles. The zero-order valence-electron chi connectivity index (χ0n) is 19.3. The van der Waals surface area contributed by atoms with Crippen molar-refractivity contribution in [2.75, 3.05) is 37.0 Å². The summed E-state index contributed by atoms with van der Waals surface area (Å²) in [6, 6.07) is 13.4. The van der Waals surface area contributed by atoms with E-state index in [1.807, 2.05) is 36.4 Å². The molecule has 1 aromatic heterocycles. The molecule has 0 bridgehead atoms. The van der Waals surface area contributed by atoms with Crippen LogP contribution in [0.15, 0.2) is 36.4 Å². The number of rotatable bonds is 5. The van der Waals surface area contributed by atoms with Gasteiger partial charge < -0.3 is 24.8 Å². The van der Waals surface area contributed by atoms with Crippen molar-refractivity contribution in [3.8, 4) is 11.8 Å². The van der Waals surface area contributed by atoms with Crippen LogP contribution in [-0.4, -0.2) is 53.8 Å². The number of nitriles is 1. The molecule has 2 fully saturated rings. The van der Waals surface area contributed by atoms with Crippen molar-refractivity contribution >= 4 is 46.4 Å². The molecule has 2 aliphatic rings. The first-order valence-corrected chi connectivity index (χ1v) is 11.7. The van der Waals surface area contributed by atoms with E-state index in [0.29, 0.717) is 41.7 Å². The highest BCUT2D eigenvalue weighted by molar-refractivity contribution is 6.32. The van der Waals surface area contributed by atoms with Crippen LogP contribution < -0.4 is 15.0 Å². The van der Waals surface area contributed by atoms with E-state index in [0.717, 1.165) is 48.1 Å². The van der Waals surface area contributed by atoms with Crippen LogP contribution in [0.4, 0.5) is 11.6 Å². The topological polar surface area (TPSA) is 104 Å². The van der Waals surface area contributed by atoms with Gasteiger partial charge in [-0.1, -0.05) is 17.7 Å². The first-order chi connectivity index (χ1) is 16.5. The summed E-state index contributed by atoms with van der Waals surface area (Å²) in [7, 11) is 1.58. The van der Waals surface area contributed by atoms with Crippen molar-refractivity contribution in [1.82, 2.24) is 10.2 Å². The number of nitrogens with zero attached hydrogens (tertiary/aromatic N) is 4. The highest BCUT2D eigenvalue weighted by Crippen LogP contribution is 2.38. The monoisotopic (exact) mass is 515 g/mol. The van der Waals surface area contributed by atoms with Crippen LogP contribution in [-0.2, 0) is 11.3 Å². The summed E-state index contributed by atoms with van der Waals surface area (Å²) in [6.45, 7) is 2.45. The zero-order valence-corrected chi connectivity index (χ0v) is 20.9. The van der Waals surface area contributed by atoms with E-state index in [-0.39, 0.29) is 24.1 Å². The van der Waals surface area contributed by atoms with E-state index in [2.05, 4.69) is 26.5 Å². The lowest BCUT2D eigenvalue weighted by atomic mass is 9.88. The molecule has 3 heterocycles. The Balaban J connectivity index is 0.00000289. The Kier molecular flexibility index (Phi) is 7.53. The highest BCUT2D eigenvalue weighted by atomic mass is 35.5. The summed E-state index contributed by atoms with van der Waals surface area (Å²) in [5, 5.41) is 34.1. The van der Waals surface area contributed by atoms with Crippen LogP contribution in [0.2, 0.25) is 5.02 Å². The average molecular weight is 516 g/mol. The predicted molar refractivity (Wildman–Crippen MR) is 138 cm³/mol. The second-order valence-corrected chi connectivity index (χ2v) is 9.31. The minimum absolute atomic E-state index is 0. The number of methoxy groups -OCH3 is 1. The molecule has 2 saturated heterocycles. The Hall–Kier alpha value is -2.83. The van der Waals surface area contributed by atoms with Gasteiger partial charge in [-0.3, -0.25) is 0 Å². The summed E-state index contributed by atoms with van der Waals surface area (Å²) in [5.41, 5.74) is 1.31. The van der Waals surface area contributed by atoms with Gasteiger partial charge in [0.2, 0.25) is 0 Å². The van der Waals surface area contributed by atoms with Gasteiger partial charge in [-0.15, -0.1) is 22.6 Å². The van der Waals surface area contributed by atoms with Crippen LogP contribution in [0.3, 0.4) is 0 Å². The van der Waals surface area contributed by atoms with E-state index < -0.39 is 0 Å². The molecule has 2 N–H and O–H groups in total. The predicted octanol–water partition coefficient (Wildman–Crippen LogP) is 4.32. The second kappa shape index (κ2) is 10.4. The normalized spacial score (nSPS) is 18.8. The molecule has 1 atom stereocenters. The van der Waals surface area contributed by atoms with Crippen molar-refractivity contribution in [2.24, 2.45) is 0 Å². The third kappa shape index (κ3) is 5.09. The molecular formula is C25H27Cl2N5O3. The van der Waals surface area contributed by atoms with Gasteiger partial charge >= 0.3 is 0 Å². The Morgan fingerprint density at radius 3 is 2.69 bits per heavy atom. The molecular weight excluding hydrogens is 489 g/mol. The number of nitrogens with one attached hydrogen (secondary N) is 1. The van der Waals surface area contributed by atoms with Gasteiger partial charge in [-0.2, -0.15) is 5.26 Å². The molecule has 10 heteroatoms. The zero-order chi connectivity index (χ0) is 23.7. The Morgan fingerprint density at radius 1 is 1.23 bits per heavy atom. The summed E-state index contributed by atoms with van der Waals surface area (Å²) in [4.78, 5) is 2.22. The van der Waals surface area contributed by atoms with Gasteiger partial charge in [0, 0.05) is 36.8 Å². The summed E-state index contributed by atoms with van der Waals surface area (Å²) < 4.78 is 11.2. The SMILES string of the molecule is COc1ccc(CNc2nnc(N3CCC4(CC3)CC(O)CO4)c3ccc(C#N)cc23)cc1Cl.Cl. The number of halogens is 2. The first kappa shape index (κ1) is 25.3. The number of anilines is 2. The van der Waals surface area contributed by atoms with Gasteiger partial charge in [0.1, 0.15) is 5.75 Å². The quantitative estimate of drug-likeness (QED) is 0.517. The van der Waals surface area contributed by atoms with E-state index in [1.54, 1.807) is 7.11 Å². The van der Waals surface area contributed by atoms with Crippen LogP contribution in [0.25, 0.3) is 10.8 Å². The number of hydrogen-bond acceptors (Lipinski definition) is 8. The fourth-order valence-corrected chi connectivity index (χ4v) is 5.15. The Bertz CT molecular complexity index is 1260. The molecule has 1 spiro atoms. The number of aliphatic hydroxyl groups excluding tert-OH is 1. The molecule has 0 aliphatic carbocycles. The van der Waals surface area contributed by atoms with Crippen LogP contribution in [0.5, 0.6) is 5.75 Å². The van der Waals surface area contributed by atoms with Crippen molar-refractivity contribution in [3.63, 3.8) is 0 Å². The van der Waals surface area contributed by atoms with Gasteiger partial charge in [-0.25, -0.2) is 0 Å². The molecule has 0 saturated carbocycles. The molecule has 8 nitrogen and oxygen atoms in total. The fourth-order valence-electron chi connectivity index (χ4n) is 4.87. The average Bonchev–Trinajstić information content (AvgIpc) is 3.22. The van der Waals surface area contributed by atoms with E-state index in [1.165, 1.54) is 0 Å². The molecule has 2 aliphatic heterocycles. The van der Waals surface area contributed by atoms with E-state index in [9.17, 15) is 10.4 Å². The smallest absolute Gasteiger partial charge is 0.159 e. The Morgan fingerprint density at radius 2 is 2.03 bits per heavy atom. The van der Waals surface area contributed by atoms with Crippen molar-refractivity contribution in [2.45, 2.75) is 37.5 Å². The van der Waals surface area contributed by atoms with Crippen molar-refractivity contribution in [3.05, 3.63) is 52.5 Å². The summed E-state index contributed by atoms with van der Waals surface area (Å²) >= 11 is 6.26. The van der Waals surface area contributed by atoms with Gasteiger partial charge in [0.05, 0.1) is 42.1 Å². The summed E-state index contributed by atoms with van der Waals surface area (Å²) in [6.07, 6.45) is 1.99. The summed E-state index contributed by atoms with van der Waals surface area (Å²) in [5.74, 6) is 2.03. The molecule has 1 unspecified atom stereocenters. The molecule has 35 heavy (non-hydrogen) atoms. The third-order valence-electron chi connectivity index (χ3n) is 6.73. The number of benzene rings is 2. The number of ether oxygens (including phenoxy) is 2. The maximum absolute atomic E-state index is 9.92. The van der Waals surface area contributed by atoms with Crippen molar-refractivity contribution in [1.29, 1.82) is 5.26 Å². The van der Waals surface area contributed by atoms with E-state index in [4.69, 9.17) is 21.1 Å². The first-order valence-electron chi connectivity index (χ1n) is 11.3. The number of hydrogen-bond donors (Lipinski definition) is 2. The lowest BCUT2D eigenvalue weighted by Crippen LogP contribution is -2.44. The van der Waals surface area contributed by atoms with Gasteiger partial charge in [0.25, 0.3) is 0 Å². The lowest BCUT2D eigenvalue weighted by molar-refractivity contribution is -0.0167. The molecule has 0 radical (unpaired) electrons. The molecule has 184 valence electrons. The van der Waals surface area contributed by atoms with Crippen LogP contribution in [0.1, 0.15) is 30.4 Å². The van der Waals surface area contributed by atoms with Crippen LogP contribution in [0, 0.1) is 11.3 Å². The number of fused-ring (bicyclic) bond motifs is 1. The van der Waals surface area contributed by atoms with Crippen molar-refractivity contribution < 1.29 is 14.6 Å². The number of piperidine rings is 1. The van der Waals surface area contributed by atoms with Gasteiger partial charge in [0.15, 0.2) is 11.6 Å². The lowest BCUT2D eigenvalue weighted by Gasteiger charge is -2.39. The van der Waals surface area contributed by atoms with Gasteiger partial charge in [-0.05, 0) is 48.7 Å². The molecule has 5 rings (SSSR count). The minimum Gasteiger partial charge on any atom is -0.495 e. The van der Waals surface area contributed by atoms with E-state index >= 15 is 0 Å². The maximum atomic E-state index is 9.92. The molecule has 0 amide bonds. The fraction of sp³-hybridized carbons (Fsp3) is 0.400. The van der Waals surface area contributed by atoms with Crippen LogP contribution >= 0.6 is 24.0 Å².